The Bertz CT molecular complexity index is 1390. The van der Waals surface area contributed by atoms with Crippen LogP contribution in [0.25, 0.3) is 0 Å². The van der Waals surface area contributed by atoms with Crippen molar-refractivity contribution < 1.29 is 22.8 Å². The molecule has 1 aliphatic rings. The van der Waals surface area contributed by atoms with Crippen LogP contribution in [0.1, 0.15) is 21.5 Å². The highest BCUT2D eigenvalue weighted by atomic mass is 79.9. The standard InChI is InChI=1S/C26H24BrN3O5S/c1-28-25(32)22(15-18-7-3-2-4-8-18)29(16-19-11-13-20(27)14-12-19)24(31)17-30-26(33)21-9-5-6-10-23(21)36(30,34)35/h2-14,22H,15-17H2,1H3,(H,28,32)/t22-/m0/s1. The van der Waals surface area contributed by atoms with Crippen LogP contribution in [0, 0.1) is 0 Å². The number of hydrogen-bond donors (Lipinski definition) is 1. The highest BCUT2D eigenvalue weighted by Crippen LogP contribution is 2.30. The Labute approximate surface area is 218 Å². The maximum atomic E-state index is 13.7. The molecule has 0 fully saturated rings. The summed E-state index contributed by atoms with van der Waals surface area (Å²) in [7, 11) is -2.70. The number of carbonyl (C=O) groups excluding carboxylic acids is 3. The number of amides is 3. The van der Waals surface area contributed by atoms with Crippen molar-refractivity contribution in [3.05, 3.63) is 100 Å². The van der Waals surface area contributed by atoms with E-state index in [-0.39, 0.29) is 23.4 Å². The zero-order valence-corrected chi connectivity index (χ0v) is 21.8. The van der Waals surface area contributed by atoms with Crippen molar-refractivity contribution in [2.24, 2.45) is 0 Å². The summed E-state index contributed by atoms with van der Waals surface area (Å²) < 4.78 is 27.5. The third-order valence-electron chi connectivity index (χ3n) is 5.97. The van der Waals surface area contributed by atoms with E-state index in [0.29, 0.717) is 4.31 Å². The van der Waals surface area contributed by atoms with Gasteiger partial charge in [-0.25, -0.2) is 12.7 Å². The Morgan fingerprint density at radius 3 is 2.22 bits per heavy atom. The van der Waals surface area contributed by atoms with Gasteiger partial charge in [-0.2, -0.15) is 0 Å². The van der Waals surface area contributed by atoms with Crippen molar-refractivity contribution in [1.29, 1.82) is 0 Å². The maximum absolute atomic E-state index is 13.7. The first-order chi connectivity index (χ1) is 17.2. The molecule has 1 atom stereocenters. The zero-order chi connectivity index (χ0) is 25.9. The third-order valence-corrected chi connectivity index (χ3v) is 8.29. The second-order valence-corrected chi connectivity index (χ2v) is 11.0. The quantitative estimate of drug-likeness (QED) is 0.449. The molecule has 0 aliphatic carbocycles. The number of benzene rings is 3. The molecule has 10 heteroatoms. The van der Waals surface area contributed by atoms with Crippen LogP contribution in [0.15, 0.2) is 88.2 Å². The number of likely N-dealkylation sites (N-methyl/N-ethyl adjacent to an activating group) is 1. The van der Waals surface area contributed by atoms with Gasteiger partial charge < -0.3 is 10.2 Å². The van der Waals surface area contributed by atoms with Gasteiger partial charge in [-0.15, -0.1) is 0 Å². The van der Waals surface area contributed by atoms with Crippen molar-refractivity contribution in [1.82, 2.24) is 14.5 Å². The summed E-state index contributed by atoms with van der Waals surface area (Å²) in [6.07, 6.45) is 0.212. The van der Waals surface area contributed by atoms with Gasteiger partial charge >= 0.3 is 0 Å². The van der Waals surface area contributed by atoms with Crippen molar-refractivity contribution in [3.8, 4) is 0 Å². The minimum absolute atomic E-state index is 0.0249. The number of hydrogen-bond acceptors (Lipinski definition) is 5. The predicted octanol–water partition coefficient (Wildman–Crippen LogP) is 2.98. The van der Waals surface area contributed by atoms with Crippen LogP contribution in [-0.2, 0) is 32.6 Å². The second kappa shape index (κ2) is 10.6. The molecule has 1 heterocycles. The van der Waals surface area contributed by atoms with E-state index in [0.717, 1.165) is 15.6 Å². The molecule has 4 rings (SSSR count). The molecule has 0 spiro atoms. The number of nitrogens with zero attached hydrogens (tertiary/aromatic N) is 2. The van der Waals surface area contributed by atoms with Gasteiger partial charge in [-0.3, -0.25) is 14.4 Å². The zero-order valence-electron chi connectivity index (χ0n) is 19.4. The van der Waals surface area contributed by atoms with Crippen LogP contribution in [0.5, 0.6) is 0 Å². The van der Waals surface area contributed by atoms with Gasteiger partial charge in [-0.1, -0.05) is 70.5 Å². The molecule has 3 amide bonds. The number of rotatable bonds is 8. The smallest absolute Gasteiger partial charge is 0.269 e. The minimum atomic E-state index is -4.18. The molecule has 36 heavy (non-hydrogen) atoms. The fraction of sp³-hybridized carbons (Fsp3) is 0.192. The van der Waals surface area contributed by atoms with E-state index < -0.39 is 40.3 Å². The molecule has 1 N–H and O–H groups in total. The van der Waals surface area contributed by atoms with E-state index in [1.54, 1.807) is 18.2 Å². The van der Waals surface area contributed by atoms with E-state index in [1.807, 2.05) is 42.5 Å². The third kappa shape index (κ3) is 5.19. The molecule has 0 radical (unpaired) electrons. The average molecular weight is 570 g/mol. The fourth-order valence-electron chi connectivity index (χ4n) is 4.11. The van der Waals surface area contributed by atoms with Gasteiger partial charge in [0.05, 0.1) is 5.56 Å². The highest BCUT2D eigenvalue weighted by Gasteiger charge is 2.43. The topological polar surface area (TPSA) is 104 Å². The van der Waals surface area contributed by atoms with Gasteiger partial charge in [0.2, 0.25) is 11.8 Å². The number of sulfonamides is 1. The molecule has 1 aliphatic heterocycles. The number of carbonyl (C=O) groups is 3. The Morgan fingerprint density at radius 1 is 0.944 bits per heavy atom. The van der Waals surface area contributed by atoms with Crippen LogP contribution in [0.2, 0.25) is 0 Å². The molecule has 8 nitrogen and oxygen atoms in total. The molecule has 0 aromatic heterocycles. The summed E-state index contributed by atoms with van der Waals surface area (Å²) in [5, 5.41) is 2.61. The average Bonchev–Trinajstić information content (AvgIpc) is 3.08. The minimum Gasteiger partial charge on any atom is -0.357 e. The normalized spacial score (nSPS) is 14.7. The van der Waals surface area contributed by atoms with Crippen LogP contribution in [-0.4, -0.2) is 55.0 Å². The van der Waals surface area contributed by atoms with Crippen molar-refractivity contribution in [3.63, 3.8) is 0 Å². The summed E-state index contributed by atoms with van der Waals surface area (Å²) >= 11 is 3.38. The first-order valence-corrected chi connectivity index (χ1v) is 13.4. The van der Waals surface area contributed by atoms with Crippen molar-refractivity contribution in [2.45, 2.75) is 23.9 Å². The fourth-order valence-corrected chi connectivity index (χ4v) is 5.89. The molecule has 3 aromatic carbocycles. The predicted molar refractivity (Wildman–Crippen MR) is 137 cm³/mol. The number of halogens is 1. The first-order valence-electron chi connectivity index (χ1n) is 11.2. The SMILES string of the molecule is CNC(=O)[C@H](Cc1ccccc1)N(Cc1ccc(Br)cc1)C(=O)CN1C(=O)c2ccccc2S1(=O)=O. The van der Waals surface area contributed by atoms with Gasteiger partial charge in [0, 0.05) is 24.5 Å². The van der Waals surface area contributed by atoms with Gasteiger partial charge in [0.1, 0.15) is 17.5 Å². The van der Waals surface area contributed by atoms with E-state index in [4.69, 9.17) is 0 Å². The Hall–Kier alpha value is -3.50. The summed E-state index contributed by atoms with van der Waals surface area (Å²) in [4.78, 5) is 40.8. The molecular formula is C26H24BrN3O5S. The number of nitrogens with one attached hydrogen (secondary N) is 1. The van der Waals surface area contributed by atoms with Crippen LogP contribution < -0.4 is 5.32 Å². The summed E-state index contributed by atoms with van der Waals surface area (Å²) in [6.45, 7) is -0.666. The molecule has 3 aromatic rings. The van der Waals surface area contributed by atoms with Crippen molar-refractivity contribution in [2.75, 3.05) is 13.6 Å². The van der Waals surface area contributed by atoms with E-state index in [9.17, 15) is 22.8 Å². The maximum Gasteiger partial charge on any atom is 0.269 e. The van der Waals surface area contributed by atoms with E-state index in [1.165, 1.54) is 30.1 Å². The van der Waals surface area contributed by atoms with Crippen LogP contribution in [0.3, 0.4) is 0 Å². The first kappa shape index (κ1) is 25.6. The molecule has 186 valence electrons. The number of fused-ring (bicyclic) bond motifs is 1. The van der Waals surface area contributed by atoms with E-state index >= 15 is 0 Å². The Kier molecular flexibility index (Phi) is 7.56. The van der Waals surface area contributed by atoms with Gasteiger partial charge in [0.25, 0.3) is 15.9 Å². The van der Waals surface area contributed by atoms with Crippen molar-refractivity contribution >= 4 is 43.7 Å². The van der Waals surface area contributed by atoms with E-state index in [2.05, 4.69) is 21.2 Å². The highest BCUT2D eigenvalue weighted by molar-refractivity contribution is 9.10. The molecule has 0 saturated heterocycles. The Balaban J connectivity index is 1.69. The Morgan fingerprint density at radius 2 is 1.58 bits per heavy atom. The van der Waals surface area contributed by atoms with Gasteiger partial charge in [-0.05, 0) is 35.4 Å². The summed E-state index contributed by atoms with van der Waals surface area (Å²) in [6, 6.07) is 21.4. The second-order valence-electron chi connectivity index (χ2n) is 8.28. The molecule has 0 bridgehead atoms. The van der Waals surface area contributed by atoms with Crippen LogP contribution >= 0.6 is 15.9 Å². The summed E-state index contributed by atoms with van der Waals surface area (Å²) in [5.41, 5.74) is 1.60. The summed E-state index contributed by atoms with van der Waals surface area (Å²) in [5.74, 6) is -1.82. The lowest BCUT2D eigenvalue weighted by Gasteiger charge is -2.32. The lowest BCUT2D eigenvalue weighted by atomic mass is 10.0. The monoisotopic (exact) mass is 569 g/mol. The molecule has 0 unspecified atom stereocenters. The van der Waals surface area contributed by atoms with Gasteiger partial charge in [0.15, 0.2) is 0 Å². The molecular weight excluding hydrogens is 546 g/mol. The lowest BCUT2D eigenvalue weighted by Crippen LogP contribution is -2.52. The van der Waals surface area contributed by atoms with Crippen LogP contribution in [0.4, 0.5) is 0 Å². The molecule has 0 saturated carbocycles. The largest absolute Gasteiger partial charge is 0.357 e. The lowest BCUT2D eigenvalue weighted by molar-refractivity contribution is -0.140.